The summed E-state index contributed by atoms with van der Waals surface area (Å²) in [5.41, 5.74) is 4.67. The molecule has 2 rings (SSSR count). The van der Waals surface area contributed by atoms with E-state index < -0.39 is 0 Å². The van der Waals surface area contributed by atoms with Gasteiger partial charge in [0.1, 0.15) is 0 Å². The number of halogens is 1. The van der Waals surface area contributed by atoms with Crippen LogP contribution in [-0.2, 0) is 0 Å². The molecule has 15 heavy (non-hydrogen) atoms. The average molecular weight is 262 g/mol. The Bertz CT molecular complexity index is 474. The molecule has 2 aromatic rings. The van der Waals surface area contributed by atoms with Gasteiger partial charge in [0.25, 0.3) is 0 Å². The van der Waals surface area contributed by atoms with Gasteiger partial charge in [-0.3, -0.25) is 4.98 Å². The highest BCUT2D eigenvalue weighted by Gasteiger charge is 2.01. The first-order chi connectivity index (χ1) is 7.16. The van der Waals surface area contributed by atoms with Crippen LogP contribution in [0.5, 0.6) is 0 Å². The highest BCUT2D eigenvalue weighted by atomic mass is 79.9. The van der Waals surface area contributed by atoms with E-state index in [1.807, 2.05) is 6.20 Å². The van der Waals surface area contributed by atoms with Crippen LogP contribution in [0, 0.1) is 13.8 Å². The van der Waals surface area contributed by atoms with E-state index in [1.54, 1.807) is 0 Å². The van der Waals surface area contributed by atoms with Gasteiger partial charge in [-0.2, -0.15) is 0 Å². The number of rotatable bonds is 1. The molecule has 0 unspecified atom stereocenters. The maximum atomic E-state index is 4.39. The summed E-state index contributed by atoms with van der Waals surface area (Å²) in [4.78, 5) is 4.39. The van der Waals surface area contributed by atoms with Gasteiger partial charge in [0.05, 0.1) is 5.69 Å². The highest BCUT2D eigenvalue weighted by molar-refractivity contribution is 9.10. The Balaban J connectivity index is 2.45. The van der Waals surface area contributed by atoms with Crippen molar-refractivity contribution in [2.45, 2.75) is 13.8 Å². The van der Waals surface area contributed by atoms with E-state index in [1.165, 1.54) is 11.1 Å². The molecule has 0 atom stereocenters. The summed E-state index contributed by atoms with van der Waals surface area (Å²) in [6.07, 6.45) is 1.85. The van der Waals surface area contributed by atoms with Crippen molar-refractivity contribution < 1.29 is 0 Å². The first-order valence-electron chi connectivity index (χ1n) is 4.86. The van der Waals surface area contributed by atoms with Crippen LogP contribution in [0.3, 0.4) is 0 Å². The zero-order valence-corrected chi connectivity index (χ0v) is 10.4. The minimum absolute atomic E-state index is 1.02. The van der Waals surface area contributed by atoms with Crippen LogP contribution >= 0.6 is 15.9 Å². The summed E-state index contributed by atoms with van der Waals surface area (Å²) in [6.45, 7) is 4.16. The SMILES string of the molecule is Cc1ccc(-c2cc(C)c(Br)cn2)cc1. The molecule has 1 aromatic heterocycles. The molecule has 0 aliphatic carbocycles. The number of pyridine rings is 1. The molecule has 0 fully saturated rings. The molecule has 76 valence electrons. The fourth-order valence-corrected chi connectivity index (χ4v) is 1.64. The van der Waals surface area contributed by atoms with Crippen LogP contribution in [0.1, 0.15) is 11.1 Å². The van der Waals surface area contributed by atoms with E-state index in [0.29, 0.717) is 0 Å². The lowest BCUT2D eigenvalue weighted by Gasteiger charge is -2.03. The Kier molecular flexibility index (Phi) is 2.87. The van der Waals surface area contributed by atoms with Crippen LogP contribution in [0.15, 0.2) is 41.0 Å². The van der Waals surface area contributed by atoms with Gasteiger partial charge < -0.3 is 0 Å². The third-order valence-electron chi connectivity index (χ3n) is 2.39. The van der Waals surface area contributed by atoms with E-state index >= 15 is 0 Å². The van der Waals surface area contributed by atoms with Gasteiger partial charge in [-0.1, -0.05) is 29.8 Å². The van der Waals surface area contributed by atoms with E-state index in [9.17, 15) is 0 Å². The number of aryl methyl sites for hydroxylation is 2. The third-order valence-corrected chi connectivity index (χ3v) is 3.22. The summed E-state index contributed by atoms with van der Waals surface area (Å²) in [5, 5.41) is 0. The molecule has 0 spiro atoms. The summed E-state index contributed by atoms with van der Waals surface area (Å²) >= 11 is 3.45. The molecule has 0 aliphatic rings. The van der Waals surface area contributed by atoms with Crippen molar-refractivity contribution in [1.29, 1.82) is 0 Å². The van der Waals surface area contributed by atoms with Crippen molar-refractivity contribution in [2.24, 2.45) is 0 Å². The van der Waals surface area contributed by atoms with Crippen LogP contribution in [-0.4, -0.2) is 4.98 Å². The monoisotopic (exact) mass is 261 g/mol. The minimum Gasteiger partial charge on any atom is -0.255 e. The van der Waals surface area contributed by atoms with Gasteiger partial charge in [-0.05, 0) is 41.4 Å². The molecule has 1 nitrogen and oxygen atoms in total. The second-order valence-corrected chi connectivity index (χ2v) is 4.54. The molecule has 0 saturated carbocycles. The predicted molar refractivity (Wildman–Crippen MR) is 66.8 cm³/mol. The molecule has 2 heteroatoms. The first-order valence-corrected chi connectivity index (χ1v) is 5.65. The standard InChI is InChI=1S/C13H12BrN/c1-9-3-5-11(6-4-9)13-7-10(2)12(14)8-15-13/h3-8H,1-2H3. The van der Waals surface area contributed by atoms with Crippen molar-refractivity contribution in [2.75, 3.05) is 0 Å². The number of hydrogen-bond acceptors (Lipinski definition) is 1. The zero-order chi connectivity index (χ0) is 10.8. The number of nitrogens with zero attached hydrogens (tertiary/aromatic N) is 1. The molecule has 1 heterocycles. The maximum Gasteiger partial charge on any atom is 0.0705 e. The molecule has 0 amide bonds. The Morgan fingerprint density at radius 3 is 2.33 bits per heavy atom. The number of benzene rings is 1. The lowest BCUT2D eigenvalue weighted by atomic mass is 10.1. The molecular formula is C13H12BrN. The molecule has 0 radical (unpaired) electrons. The van der Waals surface area contributed by atoms with Crippen molar-refractivity contribution in [3.8, 4) is 11.3 Å². The van der Waals surface area contributed by atoms with Gasteiger partial charge in [0.2, 0.25) is 0 Å². The fraction of sp³-hybridized carbons (Fsp3) is 0.154. The van der Waals surface area contributed by atoms with Gasteiger partial charge in [-0.25, -0.2) is 0 Å². The molecule has 0 N–H and O–H groups in total. The van der Waals surface area contributed by atoms with Crippen molar-refractivity contribution in [1.82, 2.24) is 4.98 Å². The Morgan fingerprint density at radius 2 is 1.73 bits per heavy atom. The van der Waals surface area contributed by atoms with Gasteiger partial charge in [0.15, 0.2) is 0 Å². The van der Waals surface area contributed by atoms with Gasteiger partial charge >= 0.3 is 0 Å². The second kappa shape index (κ2) is 4.15. The molecule has 0 aliphatic heterocycles. The minimum atomic E-state index is 1.02. The van der Waals surface area contributed by atoms with Crippen LogP contribution in [0.2, 0.25) is 0 Å². The third kappa shape index (κ3) is 2.26. The molecule has 0 bridgehead atoms. The van der Waals surface area contributed by atoms with Crippen LogP contribution in [0.4, 0.5) is 0 Å². The first kappa shape index (κ1) is 10.4. The van der Waals surface area contributed by atoms with Crippen molar-refractivity contribution >= 4 is 15.9 Å². The van der Waals surface area contributed by atoms with E-state index in [-0.39, 0.29) is 0 Å². The number of aromatic nitrogens is 1. The lowest BCUT2D eigenvalue weighted by molar-refractivity contribution is 1.26. The van der Waals surface area contributed by atoms with Crippen molar-refractivity contribution in [3.05, 3.63) is 52.1 Å². The molecule has 1 aromatic carbocycles. The summed E-state index contributed by atoms with van der Waals surface area (Å²) in [5.74, 6) is 0. The highest BCUT2D eigenvalue weighted by Crippen LogP contribution is 2.22. The van der Waals surface area contributed by atoms with E-state index in [2.05, 4.69) is 65.1 Å². The number of hydrogen-bond donors (Lipinski definition) is 0. The zero-order valence-electron chi connectivity index (χ0n) is 8.79. The predicted octanol–water partition coefficient (Wildman–Crippen LogP) is 4.13. The molecule has 0 saturated heterocycles. The topological polar surface area (TPSA) is 12.9 Å². The van der Waals surface area contributed by atoms with Crippen molar-refractivity contribution in [3.63, 3.8) is 0 Å². The largest absolute Gasteiger partial charge is 0.255 e. The van der Waals surface area contributed by atoms with Crippen LogP contribution in [0.25, 0.3) is 11.3 Å². The second-order valence-electron chi connectivity index (χ2n) is 3.68. The van der Waals surface area contributed by atoms with Gasteiger partial charge in [-0.15, -0.1) is 0 Å². The fourth-order valence-electron chi connectivity index (χ4n) is 1.42. The van der Waals surface area contributed by atoms with Gasteiger partial charge in [0, 0.05) is 16.2 Å². The Hall–Kier alpha value is -1.15. The summed E-state index contributed by atoms with van der Waals surface area (Å²) in [7, 11) is 0. The van der Waals surface area contributed by atoms with E-state index in [4.69, 9.17) is 0 Å². The van der Waals surface area contributed by atoms with Crippen LogP contribution < -0.4 is 0 Å². The smallest absolute Gasteiger partial charge is 0.0705 e. The summed E-state index contributed by atoms with van der Waals surface area (Å²) < 4.78 is 1.05. The lowest BCUT2D eigenvalue weighted by Crippen LogP contribution is -1.86. The average Bonchev–Trinajstić information content (AvgIpc) is 2.23. The Labute approximate surface area is 98.3 Å². The Morgan fingerprint density at radius 1 is 1.07 bits per heavy atom. The summed E-state index contributed by atoms with van der Waals surface area (Å²) in [6, 6.07) is 10.5. The quantitative estimate of drug-likeness (QED) is 0.753. The molecular weight excluding hydrogens is 250 g/mol. The maximum absolute atomic E-state index is 4.39. The normalized spacial score (nSPS) is 10.3. The van der Waals surface area contributed by atoms with E-state index in [0.717, 1.165) is 15.7 Å².